The van der Waals surface area contributed by atoms with Crippen molar-refractivity contribution in [2.75, 3.05) is 0 Å². The number of imidazole rings is 1. The summed E-state index contributed by atoms with van der Waals surface area (Å²) < 4.78 is 33.4. The van der Waals surface area contributed by atoms with Crippen LogP contribution in [-0.2, 0) is 6.61 Å². The maximum absolute atomic E-state index is 13.3. The molecule has 0 atom stereocenters. The Kier molecular flexibility index (Phi) is 3.82. The van der Waals surface area contributed by atoms with E-state index in [0.29, 0.717) is 22.8 Å². The molecule has 4 nitrogen and oxygen atoms in total. The number of ether oxygens (including phenoxy) is 1. The molecule has 0 N–H and O–H groups in total. The molecule has 6 heteroatoms. The summed E-state index contributed by atoms with van der Waals surface area (Å²) in [5, 5.41) is 0. The third-order valence-corrected chi connectivity index (χ3v) is 3.18. The Bertz CT molecular complexity index is 784. The second-order valence-corrected chi connectivity index (χ2v) is 4.76. The van der Waals surface area contributed by atoms with Crippen molar-refractivity contribution in [3.63, 3.8) is 0 Å². The highest BCUT2D eigenvalue weighted by molar-refractivity contribution is 5.33. The molecule has 1 aromatic carbocycles. The summed E-state index contributed by atoms with van der Waals surface area (Å²) in [6, 6.07) is 7.44. The summed E-state index contributed by atoms with van der Waals surface area (Å²) in [6.45, 7) is 1.85. The van der Waals surface area contributed by atoms with Gasteiger partial charge in [0, 0.05) is 18.0 Å². The molecule has 0 aliphatic carbocycles. The topological polar surface area (TPSA) is 39.9 Å². The molecule has 0 spiro atoms. The van der Waals surface area contributed by atoms with Crippen molar-refractivity contribution < 1.29 is 13.5 Å². The summed E-state index contributed by atoms with van der Waals surface area (Å²) in [7, 11) is 0. The largest absolute Gasteiger partial charge is 0.486 e. The van der Waals surface area contributed by atoms with Crippen LogP contribution in [0.5, 0.6) is 5.75 Å². The van der Waals surface area contributed by atoms with Gasteiger partial charge in [0.05, 0.1) is 11.9 Å². The molecule has 0 saturated heterocycles. The molecule has 22 heavy (non-hydrogen) atoms. The molecule has 0 fully saturated rings. The van der Waals surface area contributed by atoms with E-state index in [2.05, 4.69) is 9.97 Å². The number of aromatic nitrogens is 3. The van der Waals surface area contributed by atoms with Crippen LogP contribution in [0.15, 0.2) is 48.9 Å². The number of nitrogens with zero attached hydrogens (tertiary/aromatic N) is 3. The summed E-state index contributed by atoms with van der Waals surface area (Å²) >= 11 is 0. The number of pyridine rings is 1. The number of rotatable bonds is 4. The first-order valence-electron chi connectivity index (χ1n) is 6.66. The molecule has 3 aromatic rings. The van der Waals surface area contributed by atoms with Crippen LogP contribution in [0.25, 0.3) is 5.69 Å². The normalized spacial score (nSPS) is 10.7. The van der Waals surface area contributed by atoms with Gasteiger partial charge in [-0.3, -0.25) is 4.57 Å². The van der Waals surface area contributed by atoms with E-state index in [4.69, 9.17) is 4.74 Å². The average Bonchev–Trinajstić information content (AvgIpc) is 2.98. The molecule has 0 bridgehead atoms. The third kappa shape index (κ3) is 2.95. The molecule has 0 aliphatic rings. The number of halogens is 2. The van der Waals surface area contributed by atoms with Crippen LogP contribution in [0.1, 0.15) is 11.4 Å². The van der Waals surface area contributed by atoms with Gasteiger partial charge in [-0.1, -0.05) is 0 Å². The predicted molar refractivity (Wildman–Crippen MR) is 76.8 cm³/mol. The van der Waals surface area contributed by atoms with E-state index in [0.717, 1.165) is 0 Å². The average molecular weight is 301 g/mol. The van der Waals surface area contributed by atoms with E-state index in [9.17, 15) is 8.78 Å². The van der Waals surface area contributed by atoms with Crippen molar-refractivity contribution in [1.29, 1.82) is 0 Å². The van der Waals surface area contributed by atoms with Gasteiger partial charge < -0.3 is 4.74 Å². The van der Waals surface area contributed by atoms with Gasteiger partial charge in [-0.2, -0.15) is 4.39 Å². The summed E-state index contributed by atoms with van der Waals surface area (Å²) in [5.74, 6) is 0.371. The molecule has 0 radical (unpaired) electrons. The minimum absolute atomic E-state index is 0.203. The molecule has 2 heterocycles. The van der Waals surface area contributed by atoms with Crippen molar-refractivity contribution in [2.24, 2.45) is 0 Å². The smallest absolute Gasteiger partial charge is 0.215 e. The molecule has 0 amide bonds. The van der Waals surface area contributed by atoms with Crippen LogP contribution in [0, 0.1) is 18.7 Å². The molecule has 3 rings (SSSR count). The highest BCUT2D eigenvalue weighted by Crippen LogP contribution is 2.16. The zero-order valence-corrected chi connectivity index (χ0v) is 11.8. The molecule has 0 unspecified atom stereocenters. The van der Waals surface area contributed by atoms with Crippen molar-refractivity contribution in [1.82, 2.24) is 14.5 Å². The quantitative estimate of drug-likeness (QED) is 0.693. The number of hydrogen-bond donors (Lipinski definition) is 0. The summed E-state index contributed by atoms with van der Waals surface area (Å²) in [6.07, 6.45) is 4.81. The Labute approximate surface area is 126 Å². The van der Waals surface area contributed by atoms with Gasteiger partial charge in [-0.05, 0) is 37.3 Å². The standard InChI is InChI=1S/C16H13F2N3O/c1-11-8-13(9-20-16(11)18)21-7-6-19-15(21)10-22-14-4-2-12(17)3-5-14/h2-9H,10H2,1H3. The van der Waals surface area contributed by atoms with Gasteiger partial charge in [0.2, 0.25) is 5.95 Å². The minimum atomic E-state index is -0.493. The van der Waals surface area contributed by atoms with Crippen molar-refractivity contribution in [2.45, 2.75) is 13.5 Å². The summed E-state index contributed by atoms with van der Waals surface area (Å²) in [4.78, 5) is 7.93. The molecular formula is C16H13F2N3O. The SMILES string of the molecule is Cc1cc(-n2ccnc2COc2ccc(F)cc2)cnc1F. The molecule has 112 valence electrons. The Balaban J connectivity index is 1.79. The van der Waals surface area contributed by atoms with E-state index in [1.807, 2.05) is 0 Å². The van der Waals surface area contributed by atoms with E-state index in [1.165, 1.54) is 18.3 Å². The zero-order valence-electron chi connectivity index (χ0n) is 11.8. The van der Waals surface area contributed by atoms with Crippen LogP contribution in [0.3, 0.4) is 0 Å². The predicted octanol–water partition coefficient (Wildman–Crippen LogP) is 3.43. The maximum atomic E-state index is 13.3. The van der Waals surface area contributed by atoms with E-state index >= 15 is 0 Å². The third-order valence-electron chi connectivity index (χ3n) is 3.18. The number of hydrogen-bond acceptors (Lipinski definition) is 3. The Morgan fingerprint density at radius 2 is 1.91 bits per heavy atom. The van der Waals surface area contributed by atoms with E-state index in [-0.39, 0.29) is 12.4 Å². The van der Waals surface area contributed by atoms with Crippen molar-refractivity contribution in [3.05, 3.63) is 72.1 Å². The Morgan fingerprint density at radius 3 is 2.64 bits per heavy atom. The fourth-order valence-electron chi connectivity index (χ4n) is 2.03. The van der Waals surface area contributed by atoms with Gasteiger partial charge in [0.25, 0.3) is 0 Å². The maximum Gasteiger partial charge on any atom is 0.215 e. The minimum Gasteiger partial charge on any atom is -0.486 e. The van der Waals surface area contributed by atoms with Gasteiger partial charge in [-0.15, -0.1) is 0 Å². The second kappa shape index (κ2) is 5.93. The van der Waals surface area contributed by atoms with E-state index < -0.39 is 5.95 Å². The van der Waals surface area contributed by atoms with Crippen LogP contribution in [-0.4, -0.2) is 14.5 Å². The van der Waals surface area contributed by atoms with Gasteiger partial charge in [0.1, 0.15) is 18.2 Å². The van der Waals surface area contributed by atoms with Crippen LogP contribution in [0.2, 0.25) is 0 Å². The lowest BCUT2D eigenvalue weighted by Crippen LogP contribution is -2.06. The molecule has 0 saturated carbocycles. The van der Waals surface area contributed by atoms with Gasteiger partial charge >= 0.3 is 0 Å². The van der Waals surface area contributed by atoms with Gasteiger partial charge in [0.15, 0.2) is 5.82 Å². The lowest BCUT2D eigenvalue weighted by molar-refractivity contribution is 0.293. The fourth-order valence-corrected chi connectivity index (χ4v) is 2.03. The lowest BCUT2D eigenvalue weighted by atomic mass is 10.3. The highest BCUT2D eigenvalue weighted by Gasteiger charge is 2.08. The monoisotopic (exact) mass is 301 g/mol. The number of benzene rings is 1. The molecule has 0 aliphatic heterocycles. The van der Waals surface area contributed by atoms with Crippen LogP contribution >= 0.6 is 0 Å². The summed E-state index contributed by atoms with van der Waals surface area (Å²) in [5.41, 5.74) is 1.16. The van der Waals surface area contributed by atoms with E-state index in [1.54, 1.807) is 42.1 Å². The van der Waals surface area contributed by atoms with Crippen LogP contribution in [0.4, 0.5) is 8.78 Å². The second-order valence-electron chi connectivity index (χ2n) is 4.76. The zero-order chi connectivity index (χ0) is 15.5. The first-order valence-corrected chi connectivity index (χ1v) is 6.66. The lowest BCUT2D eigenvalue weighted by Gasteiger charge is -2.10. The van der Waals surface area contributed by atoms with Crippen LogP contribution < -0.4 is 4.74 Å². The fraction of sp³-hybridized carbons (Fsp3) is 0.125. The van der Waals surface area contributed by atoms with Crippen molar-refractivity contribution >= 4 is 0 Å². The van der Waals surface area contributed by atoms with Crippen molar-refractivity contribution in [3.8, 4) is 11.4 Å². The highest BCUT2D eigenvalue weighted by atomic mass is 19.1. The molecular weight excluding hydrogens is 288 g/mol. The first-order chi connectivity index (χ1) is 10.6. The van der Waals surface area contributed by atoms with Gasteiger partial charge in [-0.25, -0.2) is 14.4 Å². The number of aryl methyl sites for hydroxylation is 1. The Morgan fingerprint density at radius 1 is 1.14 bits per heavy atom. The first kappa shape index (κ1) is 14.2. The Hall–Kier alpha value is -2.76. The molecule has 2 aromatic heterocycles.